The van der Waals surface area contributed by atoms with Gasteiger partial charge >= 0.3 is 0 Å². The Morgan fingerprint density at radius 3 is 2.78 bits per heavy atom. The first-order valence-electron chi connectivity index (χ1n) is 5.59. The van der Waals surface area contributed by atoms with Crippen LogP contribution in [-0.4, -0.2) is 19.7 Å². The van der Waals surface area contributed by atoms with Crippen LogP contribution >= 0.6 is 11.6 Å². The van der Waals surface area contributed by atoms with Crippen LogP contribution in [0, 0.1) is 13.8 Å². The smallest absolute Gasteiger partial charge is 0.224 e. The zero-order valence-electron chi connectivity index (χ0n) is 10.1. The lowest BCUT2D eigenvalue weighted by molar-refractivity contribution is 0.886. The van der Waals surface area contributed by atoms with Gasteiger partial charge in [-0.25, -0.2) is 9.67 Å². The van der Waals surface area contributed by atoms with Gasteiger partial charge in [-0.15, -0.1) is 0 Å². The molecule has 5 heteroatoms. The van der Waals surface area contributed by atoms with Crippen molar-refractivity contribution in [2.24, 2.45) is 0 Å². The minimum atomic E-state index is 0.231. The van der Waals surface area contributed by atoms with E-state index in [0.29, 0.717) is 0 Å². The van der Waals surface area contributed by atoms with Crippen molar-refractivity contribution in [1.82, 2.24) is 19.7 Å². The van der Waals surface area contributed by atoms with Crippen LogP contribution in [0.25, 0.3) is 16.7 Å². The Morgan fingerprint density at radius 2 is 2.00 bits per heavy atom. The zero-order chi connectivity index (χ0) is 12.7. The molecule has 0 fully saturated rings. The van der Waals surface area contributed by atoms with E-state index in [9.17, 15) is 0 Å². The average Bonchev–Trinajstić information content (AvgIpc) is 2.72. The van der Waals surface area contributed by atoms with Gasteiger partial charge in [-0.2, -0.15) is 10.1 Å². The summed E-state index contributed by atoms with van der Waals surface area (Å²) in [5, 5.41) is 5.46. The maximum atomic E-state index is 5.84. The van der Waals surface area contributed by atoms with Crippen LogP contribution in [0.3, 0.4) is 0 Å². The Hall–Kier alpha value is -1.94. The van der Waals surface area contributed by atoms with Gasteiger partial charge in [-0.1, -0.05) is 17.7 Å². The summed E-state index contributed by atoms with van der Waals surface area (Å²) in [6.07, 6.45) is 3.42. The van der Waals surface area contributed by atoms with Crippen molar-refractivity contribution >= 4 is 22.6 Å². The van der Waals surface area contributed by atoms with Crippen molar-refractivity contribution in [3.05, 3.63) is 47.0 Å². The summed E-state index contributed by atoms with van der Waals surface area (Å²) >= 11 is 5.84. The third-order valence-corrected chi connectivity index (χ3v) is 3.04. The van der Waals surface area contributed by atoms with Crippen molar-refractivity contribution in [1.29, 1.82) is 0 Å². The molecule has 3 aromatic rings. The van der Waals surface area contributed by atoms with Gasteiger partial charge in [0.2, 0.25) is 5.28 Å². The normalized spacial score (nSPS) is 11.1. The summed E-state index contributed by atoms with van der Waals surface area (Å²) in [6, 6.07) is 6.21. The van der Waals surface area contributed by atoms with E-state index in [1.807, 2.05) is 6.07 Å². The van der Waals surface area contributed by atoms with Crippen molar-refractivity contribution in [3.63, 3.8) is 0 Å². The molecule has 0 bridgehead atoms. The van der Waals surface area contributed by atoms with E-state index in [1.54, 1.807) is 17.1 Å². The van der Waals surface area contributed by atoms with E-state index in [2.05, 4.69) is 41.0 Å². The number of halogens is 1. The number of rotatable bonds is 1. The first-order chi connectivity index (χ1) is 8.65. The van der Waals surface area contributed by atoms with Gasteiger partial charge in [0.05, 0.1) is 17.3 Å². The number of nitrogens with zero attached hydrogens (tertiary/aromatic N) is 4. The molecule has 0 atom stereocenters. The van der Waals surface area contributed by atoms with E-state index in [0.717, 1.165) is 22.3 Å². The standard InChI is InChI=1S/C13H11ClN4/c1-8-3-4-11(9(2)5-8)18-12-10(7-16-18)6-15-13(14)17-12/h3-7H,1-2H3. The van der Waals surface area contributed by atoms with Gasteiger partial charge < -0.3 is 0 Å². The summed E-state index contributed by atoms with van der Waals surface area (Å²) in [7, 11) is 0. The van der Waals surface area contributed by atoms with Gasteiger partial charge in [-0.3, -0.25) is 0 Å². The summed E-state index contributed by atoms with van der Waals surface area (Å²) in [5.41, 5.74) is 4.10. The third kappa shape index (κ3) is 1.75. The molecule has 0 radical (unpaired) electrons. The molecule has 0 unspecified atom stereocenters. The van der Waals surface area contributed by atoms with Crippen LogP contribution in [0.15, 0.2) is 30.6 Å². The molecule has 0 aliphatic carbocycles. The number of hydrogen-bond donors (Lipinski definition) is 0. The highest BCUT2D eigenvalue weighted by Gasteiger charge is 2.09. The largest absolute Gasteiger partial charge is 0.226 e. The first kappa shape index (κ1) is 11.2. The van der Waals surface area contributed by atoms with Crippen LogP contribution in [-0.2, 0) is 0 Å². The molecule has 90 valence electrons. The Balaban J connectivity index is 2.28. The number of hydrogen-bond acceptors (Lipinski definition) is 3. The Labute approximate surface area is 109 Å². The molecule has 0 N–H and O–H groups in total. The molecule has 2 heterocycles. The number of benzene rings is 1. The number of aryl methyl sites for hydroxylation is 2. The Bertz CT molecular complexity index is 733. The third-order valence-electron chi connectivity index (χ3n) is 2.86. The Morgan fingerprint density at radius 1 is 1.17 bits per heavy atom. The highest BCUT2D eigenvalue weighted by molar-refractivity contribution is 6.28. The predicted octanol–water partition coefficient (Wildman–Crippen LogP) is 3.09. The van der Waals surface area contributed by atoms with Crippen LogP contribution < -0.4 is 0 Å². The summed E-state index contributed by atoms with van der Waals surface area (Å²) in [5.74, 6) is 0. The number of aromatic nitrogens is 4. The van der Waals surface area contributed by atoms with E-state index >= 15 is 0 Å². The van der Waals surface area contributed by atoms with E-state index < -0.39 is 0 Å². The molecular weight excluding hydrogens is 248 g/mol. The van der Waals surface area contributed by atoms with Gasteiger partial charge in [-0.05, 0) is 37.1 Å². The van der Waals surface area contributed by atoms with Crippen molar-refractivity contribution in [3.8, 4) is 5.69 Å². The topological polar surface area (TPSA) is 43.6 Å². The van der Waals surface area contributed by atoms with Crippen molar-refractivity contribution in [2.75, 3.05) is 0 Å². The van der Waals surface area contributed by atoms with Crippen LogP contribution in [0.5, 0.6) is 0 Å². The fraction of sp³-hybridized carbons (Fsp3) is 0.154. The molecule has 1 aromatic carbocycles. The fourth-order valence-electron chi connectivity index (χ4n) is 2.02. The van der Waals surface area contributed by atoms with Gasteiger partial charge in [0.1, 0.15) is 0 Å². The van der Waals surface area contributed by atoms with Crippen LogP contribution in [0.2, 0.25) is 5.28 Å². The summed E-state index contributed by atoms with van der Waals surface area (Å²) < 4.78 is 1.79. The lowest BCUT2D eigenvalue weighted by Gasteiger charge is -2.07. The van der Waals surface area contributed by atoms with E-state index in [-0.39, 0.29) is 5.28 Å². The second-order valence-corrected chi connectivity index (χ2v) is 4.60. The van der Waals surface area contributed by atoms with Crippen molar-refractivity contribution in [2.45, 2.75) is 13.8 Å². The summed E-state index contributed by atoms with van der Waals surface area (Å²) in [6.45, 7) is 4.12. The maximum Gasteiger partial charge on any atom is 0.224 e. The van der Waals surface area contributed by atoms with E-state index in [4.69, 9.17) is 11.6 Å². The maximum absolute atomic E-state index is 5.84. The average molecular weight is 259 g/mol. The highest BCUT2D eigenvalue weighted by atomic mass is 35.5. The molecule has 0 saturated heterocycles. The van der Waals surface area contributed by atoms with Crippen LogP contribution in [0.1, 0.15) is 11.1 Å². The zero-order valence-corrected chi connectivity index (χ0v) is 10.8. The molecule has 0 aliphatic heterocycles. The minimum Gasteiger partial charge on any atom is -0.226 e. The fourth-order valence-corrected chi connectivity index (χ4v) is 2.14. The lowest BCUT2D eigenvalue weighted by atomic mass is 10.1. The quantitative estimate of drug-likeness (QED) is 0.630. The minimum absolute atomic E-state index is 0.231. The second kappa shape index (κ2) is 4.07. The molecular formula is C13H11ClN4. The first-order valence-corrected chi connectivity index (χ1v) is 5.97. The van der Waals surface area contributed by atoms with Gasteiger partial charge in [0.25, 0.3) is 0 Å². The monoisotopic (exact) mass is 258 g/mol. The number of fused-ring (bicyclic) bond motifs is 1. The molecule has 3 rings (SSSR count). The molecule has 0 aliphatic rings. The highest BCUT2D eigenvalue weighted by Crippen LogP contribution is 2.20. The molecule has 2 aromatic heterocycles. The molecule has 0 saturated carbocycles. The van der Waals surface area contributed by atoms with Gasteiger partial charge in [0.15, 0.2) is 5.65 Å². The van der Waals surface area contributed by atoms with E-state index in [1.165, 1.54) is 5.56 Å². The predicted molar refractivity (Wildman–Crippen MR) is 71.1 cm³/mol. The molecule has 18 heavy (non-hydrogen) atoms. The molecule has 0 amide bonds. The van der Waals surface area contributed by atoms with Crippen LogP contribution in [0.4, 0.5) is 0 Å². The lowest BCUT2D eigenvalue weighted by Crippen LogP contribution is -2.00. The summed E-state index contributed by atoms with van der Waals surface area (Å²) in [4.78, 5) is 8.18. The molecule has 4 nitrogen and oxygen atoms in total. The van der Waals surface area contributed by atoms with Gasteiger partial charge in [0, 0.05) is 6.20 Å². The SMILES string of the molecule is Cc1ccc(-n2ncc3cnc(Cl)nc32)c(C)c1. The Kier molecular flexibility index (Phi) is 2.52. The molecule has 0 spiro atoms. The van der Waals surface area contributed by atoms with Crippen molar-refractivity contribution < 1.29 is 0 Å². The second-order valence-electron chi connectivity index (χ2n) is 4.26.